The molecule has 4 heteroatoms. The van der Waals surface area contributed by atoms with Crippen molar-refractivity contribution >= 4 is 11.8 Å². The number of aliphatic hydroxyl groups is 1. The Balaban J connectivity index is 2.86. The summed E-state index contributed by atoms with van der Waals surface area (Å²) >= 11 is 0. The number of Topliss-reactive ketones (excluding diaryl/α,β-unsaturated/α-hetero) is 1. The quantitative estimate of drug-likeness (QED) is 0.563. The van der Waals surface area contributed by atoms with Crippen LogP contribution in [0.4, 0.5) is 0 Å². The minimum Gasteiger partial charge on any atom is -0.463 e. The van der Waals surface area contributed by atoms with Gasteiger partial charge in [0.2, 0.25) is 0 Å². The van der Waals surface area contributed by atoms with Crippen LogP contribution < -0.4 is 0 Å². The summed E-state index contributed by atoms with van der Waals surface area (Å²) < 4.78 is 4.37. The molecule has 1 aliphatic rings. The molecule has 2 atom stereocenters. The minimum absolute atomic E-state index is 0.113. The Morgan fingerprint density at radius 1 is 1.47 bits per heavy atom. The van der Waals surface area contributed by atoms with E-state index >= 15 is 0 Å². The number of ether oxygens (including phenoxy) is 1. The molecule has 0 bridgehead atoms. The Kier molecular flexibility index (Phi) is 3.85. The smallest absolute Gasteiger partial charge is 0.377 e. The van der Waals surface area contributed by atoms with Crippen LogP contribution in [0.3, 0.4) is 0 Å². The number of carbonyl (C=O) groups is 2. The van der Waals surface area contributed by atoms with Crippen molar-refractivity contribution in [2.24, 2.45) is 5.92 Å². The van der Waals surface area contributed by atoms with Crippen LogP contribution in [0.1, 0.15) is 39.0 Å². The van der Waals surface area contributed by atoms with Crippen molar-refractivity contribution in [2.75, 3.05) is 7.11 Å². The van der Waals surface area contributed by atoms with Crippen LogP contribution in [0, 0.1) is 5.92 Å². The molecule has 0 unspecified atom stereocenters. The van der Waals surface area contributed by atoms with Crippen molar-refractivity contribution in [1.29, 1.82) is 0 Å². The summed E-state index contributed by atoms with van der Waals surface area (Å²) in [5.41, 5.74) is -1.49. The highest BCUT2D eigenvalue weighted by Gasteiger charge is 2.47. The Bertz CT molecular complexity index is 261. The van der Waals surface area contributed by atoms with Gasteiger partial charge in [-0.1, -0.05) is 26.2 Å². The van der Waals surface area contributed by atoms with Crippen molar-refractivity contribution in [2.45, 2.75) is 44.6 Å². The first-order valence-electron chi connectivity index (χ1n) is 5.41. The van der Waals surface area contributed by atoms with E-state index in [1.807, 2.05) is 6.92 Å². The number of methoxy groups -OCH3 is 1. The number of ketones is 1. The zero-order chi connectivity index (χ0) is 11.5. The third kappa shape index (κ3) is 2.20. The molecule has 86 valence electrons. The van der Waals surface area contributed by atoms with Crippen molar-refractivity contribution < 1.29 is 19.4 Å². The molecule has 15 heavy (non-hydrogen) atoms. The lowest BCUT2D eigenvalue weighted by Gasteiger charge is -2.37. The maximum Gasteiger partial charge on any atom is 0.377 e. The van der Waals surface area contributed by atoms with Gasteiger partial charge in [0.05, 0.1) is 7.11 Å². The molecule has 0 aromatic heterocycles. The Morgan fingerprint density at radius 2 is 2.13 bits per heavy atom. The molecule has 4 nitrogen and oxygen atoms in total. The van der Waals surface area contributed by atoms with Gasteiger partial charge in [-0.2, -0.15) is 0 Å². The van der Waals surface area contributed by atoms with Crippen molar-refractivity contribution in [3.8, 4) is 0 Å². The highest BCUT2D eigenvalue weighted by molar-refractivity contribution is 6.36. The predicted molar refractivity (Wildman–Crippen MR) is 54.2 cm³/mol. The summed E-state index contributed by atoms with van der Waals surface area (Å²) in [6.45, 7) is 1.92. The monoisotopic (exact) mass is 214 g/mol. The van der Waals surface area contributed by atoms with Gasteiger partial charge in [0, 0.05) is 0 Å². The minimum atomic E-state index is -1.49. The van der Waals surface area contributed by atoms with Gasteiger partial charge in [0.25, 0.3) is 5.78 Å². The largest absolute Gasteiger partial charge is 0.463 e. The Hall–Kier alpha value is -0.900. The van der Waals surface area contributed by atoms with E-state index in [-0.39, 0.29) is 5.92 Å². The summed E-state index contributed by atoms with van der Waals surface area (Å²) in [6.07, 6.45) is 3.68. The second-order valence-corrected chi connectivity index (χ2v) is 4.10. The maximum absolute atomic E-state index is 11.7. The second kappa shape index (κ2) is 4.75. The zero-order valence-electron chi connectivity index (χ0n) is 9.28. The molecule has 1 rings (SSSR count). The van der Waals surface area contributed by atoms with Gasteiger partial charge in [-0.3, -0.25) is 4.79 Å². The molecule has 1 fully saturated rings. The zero-order valence-corrected chi connectivity index (χ0v) is 9.28. The average Bonchev–Trinajstić information content (AvgIpc) is 2.27. The molecule has 0 aromatic rings. The lowest BCUT2D eigenvalue weighted by atomic mass is 9.72. The summed E-state index contributed by atoms with van der Waals surface area (Å²) in [6, 6.07) is 0. The fourth-order valence-electron chi connectivity index (χ4n) is 2.34. The van der Waals surface area contributed by atoms with Crippen molar-refractivity contribution in [3.05, 3.63) is 0 Å². The molecule has 1 N–H and O–H groups in total. The third-order valence-corrected chi connectivity index (χ3v) is 3.29. The molecule has 0 aliphatic heterocycles. The summed E-state index contributed by atoms with van der Waals surface area (Å²) in [7, 11) is 1.16. The highest BCUT2D eigenvalue weighted by Crippen LogP contribution is 2.36. The molecule has 0 heterocycles. The molecule has 0 saturated heterocycles. The van der Waals surface area contributed by atoms with Crippen LogP contribution in [0.5, 0.6) is 0 Å². The number of carbonyl (C=O) groups excluding carboxylic acids is 2. The summed E-state index contributed by atoms with van der Waals surface area (Å²) in [4.78, 5) is 22.8. The second-order valence-electron chi connectivity index (χ2n) is 4.10. The summed E-state index contributed by atoms with van der Waals surface area (Å²) in [5.74, 6) is -1.83. The van der Waals surface area contributed by atoms with E-state index in [1.165, 1.54) is 0 Å². The van der Waals surface area contributed by atoms with Gasteiger partial charge in [0.15, 0.2) is 0 Å². The molecule has 0 aromatic carbocycles. The normalized spacial score (nSPS) is 31.0. The van der Waals surface area contributed by atoms with Crippen molar-refractivity contribution in [3.63, 3.8) is 0 Å². The predicted octanol–water partition coefficient (Wildman–Crippen LogP) is 1.06. The number of hydrogen-bond acceptors (Lipinski definition) is 4. The van der Waals surface area contributed by atoms with Gasteiger partial charge >= 0.3 is 5.97 Å². The number of hydrogen-bond donors (Lipinski definition) is 1. The average molecular weight is 214 g/mol. The third-order valence-electron chi connectivity index (χ3n) is 3.29. The molecule has 1 aliphatic carbocycles. The van der Waals surface area contributed by atoms with Crippen LogP contribution in [0.2, 0.25) is 0 Å². The van der Waals surface area contributed by atoms with Gasteiger partial charge in [-0.25, -0.2) is 4.79 Å². The molecule has 0 radical (unpaired) electrons. The lowest BCUT2D eigenvalue weighted by molar-refractivity contribution is -0.166. The topological polar surface area (TPSA) is 63.6 Å². The standard InChI is InChI=1S/C11H18O4/c1-3-8-6-4-5-7-11(8,14)9(12)10(13)15-2/h8,14H,3-7H2,1-2H3/t8-,11-/m1/s1. The summed E-state index contributed by atoms with van der Waals surface area (Å²) in [5, 5.41) is 10.3. The number of rotatable bonds is 3. The first-order valence-corrected chi connectivity index (χ1v) is 5.41. The van der Waals surface area contributed by atoms with E-state index < -0.39 is 17.4 Å². The van der Waals surface area contributed by atoms with E-state index in [0.717, 1.165) is 26.4 Å². The van der Waals surface area contributed by atoms with Gasteiger partial charge in [0.1, 0.15) is 5.60 Å². The van der Waals surface area contributed by atoms with E-state index in [9.17, 15) is 14.7 Å². The van der Waals surface area contributed by atoms with Gasteiger partial charge < -0.3 is 9.84 Å². The van der Waals surface area contributed by atoms with Crippen LogP contribution in [-0.2, 0) is 14.3 Å². The molecular formula is C11H18O4. The van der Waals surface area contributed by atoms with Crippen LogP contribution in [0.25, 0.3) is 0 Å². The fourth-order valence-corrected chi connectivity index (χ4v) is 2.34. The Morgan fingerprint density at radius 3 is 2.67 bits per heavy atom. The number of esters is 1. The maximum atomic E-state index is 11.7. The van der Waals surface area contributed by atoms with Crippen LogP contribution >= 0.6 is 0 Å². The molecular weight excluding hydrogens is 196 g/mol. The fraction of sp³-hybridized carbons (Fsp3) is 0.818. The SMILES string of the molecule is CC[C@@H]1CCCC[C@]1(O)C(=O)C(=O)OC. The van der Waals surface area contributed by atoms with E-state index in [4.69, 9.17) is 0 Å². The van der Waals surface area contributed by atoms with E-state index in [2.05, 4.69) is 4.74 Å². The lowest BCUT2D eigenvalue weighted by Crippen LogP contribution is -2.51. The van der Waals surface area contributed by atoms with E-state index in [1.54, 1.807) is 0 Å². The van der Waals surface area contributed by atoms with Crippen LogP contribution in [0.15, 0.2) is 0 Å². The van der Waals surface area contributed by atoms with Gasteiger partial charge in [-0.05, 0) is 18.8 Å². The van der Waals surface area contributed by atoms with Gasteiger partial charge in [-0.15, -0.1) is 0 Å². The first-order chi connectivity index (χ1) is 7.06. The highest BCUT2D eigenvalue weighted by atomic mass is 16.5. The van der Waals surface area contributed by atoms with E-state index in [0.29, 0.717) is 12.8 Å². The molecule has 0 amide bonds. The Labute approximate surface area is 89.6 Å². The van der Waals surface area contributed by atoms with Crippen molar-refractivity contribution in [1.82, 2.24) is 0 Å². The molecule has 1 saturated carbocycles. The first kappa shape index (κ1) is 12.2. The van der Waals surface area contributed by atoms with Crippen LogP contribution in [-0.4, -0.2) is 29.6 Å². The molecule has 0 spiro atoms.